The summed E-state index contributed by atoms with van der Waals surface area (Å²) in [4.78, 5) is 24.7. The van der Waals surface area contributed by atoms with Gasteiger partial charge in [-0.3, -0.25) is 4.79 Å². The maximum absolute atomic E-state index is 14.6. The lowest BCUT2D eigenvalue weighted by molar-refractivity contribution is -0.137. The van der Waals surface area contributed by atoms with E-state index >= 15 is 0 Å². The molecule has 0 bridgehead atoms. The first-order valence-electron chi connectivity index (χ1n) is 11.3. The quantitative estimate of drug-likeness (QED) is 0.406. The molecule has 7 nitrogen and oxygen atoms in total. The first-order chi connectivity index (χ1) is 17.5. The van der Waals surface area contributed by atoms with Crippen molar-refractivity contribution in [3.63, 3.8) is 0 Å². The molecule has 11 heteroatoms. The van der Waals surface area contributed by atoms with Gasteiger partial charge in [-0.1, -0.05) is 11.8 Å². The van der Waals surface area contributed by atoms with E-state index in [4.69, 9.17) is 5.73 Å². The van der Waals surface area contributed by atoms with E-state index in [1.54, 1.807) is 7.05 Å². The molecule has 0 unspecified atom stereocenters. The predicted molar refractivity (Wildman–Crippen MR) is 133 cm³/mol. The van der Waals surface area contributed by atoms with Crippen LogP contribution in [0, 0.1) is 17.7 Å². The Morgan fingerprint density at radius 1 is 1.14 bits per heavy atom. The fourth-order valence-corrected chi connectivity index (χ4v) is 4.06. The van der Waals surface area contributed by atoms with Crippen LogP contribution >= 0.6 is 0 Å². The van der Waals surface area contributed by atoms with Crippen molar-refractivity contribution >= 4 is 23.2 Å². The lowest BCUT2D eigenvalue weighted by Gasteiger charge is -2.29. The Hall–Kier alpha value is -4.17. The Morgan fingerprint density at radius 3 is 2.49 bits per heavy atom. The van der Waals surface area contributed by atoms with E-state index < -0.39 is 23.5 Å². The minimum absolute atomic E-state index is 0.0463. The molecule has 1 atom stereocenters. The van der Waals surface area contributed by atoms with Crippen LogP contribution in [-0.2, 0) is 6.18 Å². The molecule has 192 valence electrons. The van der Waals surface area contributed by atoms with E-state index in [1.807, 2.05) is 11.9 Å². The van der Waals surface area contributed by atoms with E-state index in [9.17, 15) is 22.4 Å². The van der Waals surface area contributed by atoms with Gasteiger partial charge in [-0.2, -0.15) is 13.2 Å². The van der Waals surface area contributed by atoms with E-state index in [0.29, 0.717) is 16.8 Å². The average Bonchev–Trinajstić information content (AvgIpc) is 3.29. The summed E-state index contributed by atoms with van der Waals surface area (Å²) in [5, 5.41) is 2.49. The number of nitrogens with one attached hydrogen (secondary N) is 1. The second-order valence-corrected chi connectivity index (χ2v) is 8.77. The maximum atomic E-state index is 14.6. The number of rotatable bonds is 4. The van der Waals surface area contributed by atoms with Crippen molar-refractivity contribution in [3.8, 4) is 11.8 Å². The number of halogens is 4. The van der Waals surface area contributed by atoms with Crippen molar-refractivity contribution in [3.05, 3.63) is 76.9 Å². The monoisotopic (exact) mass is 512 g/mol. The number of carbonyl (C=O) groups is 1. The molecule has 2 aromatic carbocycles. The number of carbonyl (C=O) groups excluding carboxylic acids is 1. The second kappa shape index (κ2) is 10.4. The Morgan fingerprint density at radius 2 is 1.84 bits per heavy atom. The minimum atomic E-state index is -4.61. The highest BCUT2D eigenvalue weighted by Crippen LogP contribution is 2.36. The number of nitrogens with two attached hydrogens (primary N) is 1. The molecule has 0 spiro atoms. The number of aromatic nitrogens is 2. The third-order valence-electron chi connectivity index (χ3n) is 6.10. The zero-order valence-corrected chi connectivity index (χ0v) is 20.1. The maximum Gasteiger partial charge on any atom is 0.416 e. The Kier molecular flexibility index (Phi) is 7.31. The number of hydrogen-bond donors (Lipinski definition) is 2. The van der Waals surface area contributed by atoms with Gasteiger partial charge in [-0.05, 0) is 56.4 Å². The number of nitrogens with zero attached hydrogens (tertiary/aromatic N) is 4. The molecule has 1 aliphatic rings. The van der Waals surface area contributed by atoms with E-state index in [1.165, 1.54) is 30.6 Å². The summed E-state index contributed by atoms with van der Waals surface area (Å²) < 4.78 is 55.0. The highest BCUT2D eigenvalue weighted by molar-refractivity contribution is 6.06. The molecule has 37 heavy (non-hydrogen) atoms. The van der Waals surface area contributed by atoms with Gasteiger partial charge in [-0.25, -0.2) is 14.4 Å². The third-order valence-corrected chi connectivity index (χ3v) is 6.10. The predicted octanol–water partition coefficient (Wildman–Crippen LogP) is 4.01. The van der Waals surface area contributed by atoms with Crippen molar-refractivity contribution in [1.29, 1.82) is 0 Å². The van der Waals surface area contributed by atoms with Crippen LogP contribution < -0.4 is 16.0 Å². The molecule has 1 saturated heterocycles. The molecule has 1 amide bonds. The van der Waals surface area contributed by atoms with Gasteiger partial charge >= 0.3 is 6.18 Å². The smallest absolute Gasteiger partial charge is 0.369 e. The molecule has 2 heterocycles. The number of benzene rings is 2. The van der Waals surface area contributed by atoms with Crippen LogP contribution in [-0.4, -0.2) is 54.0 Å². The minimum Gasteiger partial charge on any atom is -0.369 e. The number of amides is 1. The van der Waals surface area contributed by atoms with Crippen LogP contribution in [0.2, 0.25) is 0 Å². The number of nitrogen functional groups attached to an aromatic ring is 1. The number of alkyl halides is 3. The Bertz CT molecular complexity index is 1360. The molecule has 1 aromatic heterocycles. The summed E-state index contributed by atoms with van der Waals surface area (Å²) in [7, 11) is 3.72. The van der Waals surface area contributed by atoms with Crippen molar-refractivity contribution in [2.24, 2.45) is 0 Å². The van der Waals surface area contributed by atoms with Crippen LogP contribution in [0.4, 0.5) is 34.9 Å². The summed E-state index contributed by atoms with van der Waals surface area (Å²) in [6.07, 6.45) is -0.965. The number of anilines is 3. The van der Waals surface area contributed by atoms with Crippen molar-refractivity contribution in [2.75, 3.05) is 43.1 Å². The summed E-state index contributed by atoms with van der Waals surface area (Å²) >= 11 is 0. The average molecular weight is 513 g/mol. The number of likely N-dealkylation sites (tertiary alicyclic amines) is 1. The van der Waals surface area contributed by atoms with Crippen molar-refractivity contribution < 1.29 is 22.4 Å². The van der Waals surface area contributed by atoms with Gasteiger partial charge in [0.25, 0.3) is 5.91 Å². The Balaban J connectivity index is 1.64. The Labute approximate surface area is 211 Å². The molecule has 1 aliphatic heterocycles. The van der Waals surface area contributed by atoms with E-state index in [2.05, 4.69) is 32.0 Å². The van der Waals surface area contributed by atoms with Crippen molar-refractivity contribution in [1.82, 2.24) is 14.9 Å². The standard InChI is InChI=1S/C26H24F4N6O/c1-35-10-9-19(15-35)36(2)23-8-6-18(26(28,29)30)12-22(23)34-24(37)20-11-16(5-7-21(20)27)3-4-17-13-32-25(31)33-14-17/h5-8,11-14,19H,9-10,15H2,1-2H3,(H,34,37)(H2,31,32,33)/t19-/m0/s1. The van der Waals surface area contributed by atoms with Gasteiger partial charge in [0.2, 0.25) is 5.95 Å². The van der Waals surface area contributed by atoms with E-state index in [0.717, 1.165) is 37.7 Å². The molecule has 3 N–H and O–H groups in total. The van der Waals surface area contributed by atoms with Gasteiger partial charge in [0.05, 0.1) is 28.1 Å². The first-order valence-corrected chi connectivity index (χ1v) is 11.3. The molecule has 0 saturated carbocycles. The first kappa shape index (κ1) is 25.9. The highest BCUT2D eigenvalue weighted by Gasteiger charge is 2.33. The van der Waals surface area contributed by atoms with Gasteiger partial charge in [0.1, 0.15) is 5.82 Å². The molecular formula is C26H24F4N6O. The normalized spacial score (nSPS) is 15.7. The molecule has 0 aliphatic carbocycles. The summed E-state index contributed by atoms with van der Waals surface area (Å²) in [6, 6.07) is 6.90. The topological polar surface area (TPSA) is 87.4 Å². The molecule has 0 radical (unpaired) electrons. The molecule has 4 rings (SSSR count). The van der Waals surface area contributed by atoms with Gasteiger partial charge in [0.15, 0.2) is 0 Å². The SMILES string of the molecule is CN1CC[C@H](N(C)c2ccc(C(F)(F)F)cc2NC(=O)c2cc(C#Cc3cnc(N)nc3)ccc2F)C1. The van der Waals surface area contributed by atoms with E-state index in [-0.39, 0.29) is 23.2 Å². The number of hydrogen-bond acceptors (Lipinski definition) is 6. The van der Waals surface area contributed by atoms with Crippen LogP contribution in [0.1, 0.15) is 33.5 Å². The second-order valence-electron chi connectivity index (χ2n) is 8.77. The van der Waals surface area contributed by atoms with Crippen LogP contribution in [0.15, 0.2) is 48.8 Å². The zero-order chi connectivity index (χ0) is 26.7. The molecular weight excluding hydrogens is 488 g/mol. The van der Waals surface area contributed by atoms with Gasteiger partial charge < -0.3 is 20.9 Å². The highest BCUT2D eigenvalue weighted by atomic mass is 19.4. The fraction of sp³-hybridized carbons (Fsp3) is 0.269. The lowest BCUT2D eigenvalue weighted by atomic mass is 10.1. The van der Waals surface area contributed by atoms with Crippen molar-refractivity contribution in [2.45, 2.75) is 18.6 Å². The van der Waals surface area contributed by atoms with Gasteiger partial charge in [0, 0.05) is 37.6 Å². The number of likely N-dealkylation sites (N-methyl/N-ethyl adjacent to an activating group) is 2. The lowest BCUT2D eigenvalue weighted by Crippen LogP contribution is -2.34. The summed E-state index contributed by atoms with van der Waals surface area (Å²) in [5.41, 5.74) is 5.29. The zero-order valence-electron chi connectivity index (χ0n) is 20.1. The van der Waals surface area contributed by atoms with Gasteiger partial charge in [-0.15, -0.1) is 0 Å². The third kappa shape index (κ3) is 6.16. The molecule has 1 fully saturated rings. The largest absolute Gasteiger partial charge is 0.416 e. The molecule has 3 aromatic rings. The summed E-state index contributed by atoms with van der Waals surface area (Å²) in [5.74, 6) is 3.93. The summed E-state index contributed by atoms with van der Waals surface area (Å²) in [6.45, 7) is 1.57. The van der Waals surface area contributed by atoms with Crippen LogP contribution in [0.5, 0.6) is 0 Å². The fourth-order valence-electron chi connectivity index (χ4n) is 4.06. The van der Waals surface area contributed by atoms with Crippen LogP contribution in [0.3, 0.4) is 0 Å². The van der Waals surface area contributed by atoms with Crippen LogP contribution in [0.25, 0.3) is 0 Å².